The predicted octanol–water partition coefficient (Wildman–Crippen LogP) is 3.06. The summed E-state index contributed by atoms with van der Waals surface area (Å²) in [5.74, 6) is 0. The number of halogens is 2. The summed E-state index contributed by atoms with van der Waals surface area (Å²) >= 11 is 10.8. The molecule has 0 aliphatic heterocycles. The maximum Gasteiger partial charge on any atom is 0.243 e. The molecule has 0 amide bonds. The first-order chi connectivity index (χ1) is 8.94. The van der Waals surface area contributed by atoms with Crippen LogP contribution < -0.4 is 4.72 Å². The number of hydrogen-bond donors (Lipinski definition) is 1. The number of nitrogens with zero attached hydrogens (tertiary/aromatic N) is 1. The van der Waals surface area contributed by atoms with E-state index in [4.69, 9.17) is 11.6 Å². The van der Waals surface area contributed by atoms with Crippen molar-refractivity contribution in [2.24, 2.45) is 0 Å². The van der Waals surface area contributed by atoms with Gasteiger partial charge in [0.25, 0.3) is 0 Å². The minimum Gasteiger partial charge on any atom is -0.242 e. The maximum absolute atomic E-state index is 12.4. The predicted molar refractivity (Wildman–Crippen MR) is 82.2 cm³/mol. The molecule has 2 unspecified atom stereocenters. The lowest BCUT2D eigenvalue weighted by molar-refractivity contribution is 0.555. The van der Waals surface area contributed by atoms with Crippen LogP contribution in [0.2, 0.25) is 5.15 Å². The normalized spacial score (nSPS) is 23.7. The first-order valence-electron chi connectivity index (χ1n) is 5.80. The van der Waals surface area contributed by atoms with Crippen LogP contribution in [0.25, 0.3) is 0 Å². The standard InChI is InChI=1S/C11H14BrClN2O2S2/c1-18-9-4-2-3-8(9)15-19(16,17)10-5-7(12)6-14-11(10)13/h5-6,8-9,15H,2-4H2,1H3. The van der Waals surface area contributed by atoms with Gasteiger partial charge in [-0.25, -0.2) is 18.1 Å². The molecule has 1 aromatic rings. The van der Waals surface area contributed by atoms with Crippen LogP contribution in [0, 0.1) is 0 Å². The molecule has 1 aliphatic rings. The summed E-state index contributed by atoms with van der Waals surface area (Å²) in [6.07, 6.45) is 6.43. The second-order valence-electron chi connectivity index (χ2n) is 4.38. The smallest absolute Gasteiger partial charge is 0.242 e. The highest BCUT2D eigenvalue weighted by molar-refractivity contribution is 9.10. The van der Waals surface area contributed by atoms with Crippen LogP contribution >= 0.6 is 39.3 Å². The average molecular weight is 386 g/mol. The molecule has 4 nitrogen and oxygen atoms in total. The van der Waals surface area contributed by atoms with Crippen LogP contribution in [0.3, 0.4) is 0 Å². The van der Waals surface area contributed by atoms with Crippen LogP contribution in [0.15, 0.2) is 21.6 Å². The monoisotopic (exact) mass is 384 g/mol. The van der Waals surface area contributed by atoms with Gasteiger partial charge in [0.15, 0.2) is 0 Å². The highest BCUT2D eigenvalue weighted by Crippen LogP contribution is 2.30. The van der Waals surface area contributed by atoms with Crippen molar-refractivity contribution in [2.45, 2.75) is 35.4 Å². The molecule has 106 valence electrons. The molecule has 2 atom stereocenters. The van der Waals surface area contributed by atoms with Crippen molar-refractivity contribution >= 4 is 49.3 Å². The molecule has 19 heavy (non-hydrogen) atoms. The first-order valence-corrected chi connectivity index (χ1v) is 9.74. The van der Waals surface area contributed by atoms with Crippen molar-refractivity contribution in [3.8, 4) is 0 Å². The Bertz CT molecular complexity index is 568. The molecule has 1 saturated carbocycles. The van der Waals surface area contributed by atoms with Crippen LogP contribution in [0.1, 0.15) is 19.3 Å². The number of nitrogens with one attached hydrogen (secondary N) is 1. The summed E-state index contributed by atoms with van der Waals surface area (Å²) in [7, 11) is -3.63. The van der Waals surface area contributed by atoms with Gasteiger partial charge in [-0.05, 0) is 41.1 Å². The molecule has 0 saturated heterocycles. The van der Waals surface area contributed by atoms with Gasteiger partial charge in [0.1, 0.15) is 10.0 Å². The molecule has 8 heteroatoms. The van der Waals surface area contributed by atoms with Crippen molar-refractivity contribution in [1.82, 2.24) is 9.71 Å². The average Bonchev–Trinajstić information content (AvgIpc) is 2.78. The lowest BCUT2D eigenvalue weighted by atomic mass is 10.3. The van der Waals surface area contributed by atoms with Gasteiger partial charge in [-0.3, -0.25) is 0 Å². The van der Waals surface area contributed by atoms with Crippen LogP contribution in [0.5, 0.6) is 0 Å². The number of rotatable bonds is 4. The van der Waals surface area contributed by atoms with E-state index in [0.717, 1.165) is 19.3 Å². The molecule has 1 N–H and O–H groups in total. The largest absolute Gasteiger partial charge is 0.243 e. The molecule has 2 rings (SSSR count). The number of aromatic nitrogens is 1. The number of sulfonamides is 1. The summed E-state index contributed by atoms with van der Waals surface area (Å²) in [4.78, 5) is 3.88. The third-order valence-electron chi connectivity index (χ3n) is 3.12. The number of thioether (sulfide) groups is 1. The summed E-state index contributed by atoms with van der Waals surface area (Å²) in [6, 6.07) is 1.44. The van der Waals surface area contributed by atoms with E-state index in [1.165, 1.54) is 12.3 Å². The van der Waals surface area contributed by atoms with Gasteiger partial charge in [0, 0.05) is 22.0 Å². The van der Waals surface area contributed by atoms with Gasteiger partial charge in [0.2, 0.25) is 10.0 Å². The maximum atomic E-state index is 12.4. The van der Waals surface area contributed by atoms with E-state index in [2.05, 4.69) is 25.6 Å². The minimum atomic E-state index is -3.63. The van der Waals surface area contributed by atoms with Gasteiger partial charge < -0.3 is 0 Å². The third-order valence-corrected chi connectivity index (χ3v) is 6.64. The molecular formula is C11H14BrClN2O2S2. The van der Waals surface area contributed by atoms with Crippen molar-refractivity contribution in [2.75, 3.05) is 6.26 Å². The van der Waals surface area contributed by atoms with Gasteiger partial charge in [-0.1, -0.05) is 18.0 Å². The van der Waals surface area contributed by atoms with Crippen LogP contribution in [0.4, 0.5) is 0 Å². The van der Waals surface area contributed by atoms with Gasteiger partial charge in [0.05, 0.1) is 0 Å². The van der Waals surface area contributed by atoms with E-state index < -0.39 is 10.0 Å². The van der Waals surface area contributed by atoms with Gasteiger partial charge in [-0.2, -0.15) is 11.8 Å². The Kier molecular flexibility index (Phi) is 5.16. The van der Waals surface area contributed by atoms with Crippen molar-refractivity contribution < 1.29 is 8.42 Å². The molecule has 0 bridgehead atoms. The molecule has 1 heterocycles. The fourth-order valence-corrected chi connectivity index (χ4v) is 5.47. The quantitative estimate of drug-likeness (QED) is 0.809. The Labute approximate surface area is 130 Å². The van der Waals surface area contributed by atoms with Crippen LogP contribution in [-0.2, 0) is 10.0 Å². The zero-order valence-corrected chi connectivity index (χ0v) is 14.2. The Hall–Kier alpha value is 0.180. The molecule has 1 aromatic heterocycles. The topological polar surface area (TPSA) is 59.1 Å². The number of hydrogen-bond acceptors (Lipinski definition) is 4. The fourth-order valence-electron chi connectivity index (χ4n) is 2.20. The molecule has 0 radical (unpaired) electrons. The highest BCUT2D eigenvalue weighted by atomic mass is 79.9. The molecule has 0 spiro atoms. The third kappa shape index (κ3) is 3.64. The van der Waals surface area contributed by atoms with Gasteiger partial charge in [-0.15, -0.1) is 0 Å². The molecule has 0 aromatic carbocycles. The highest BCUT2D eigenvalue weighted by Gasteiger charge is 2.31. The van der Waals surface area contributed by atoms with E-state index in [-0.39, 0.29) is 16.1 Å². The van der Waals surface area contributed by atoms with E-state index in [9.17, 15) is 8.42 Å². The lowest BCUT2D eigenvalue weighted by Crippen LogP contribution is -2.38. The molecular weight excluding hydrogens is 372 g/mol. The minimum absolute atomic E-state index is 0.00519. The Morgan fingerprint density at radius 3 is 2.95 bits per heavy atom. The van der Waals surface area contributed by atoms with E-state index in [1.807, 2.05) is 6.26 Å². The summed E-state index contributed by atoms with van der Waals surface area (Å²) < 4.78 is 28.0. The summed E-state index contributed by atoms with van der Waals surface area (Å²) in [5.41, 5.74) is 0. The second-order valence-corrected chi connectivity index (χ2v) is 8.41. The van der Waals surface area contributed by atoms with Gasteiger partial charge >= 0.3 is 0 Å². The summed E-state index contributed by atoms with van der Waals surface area (Å²) in [6.45, 7) is 0. The summed E-state index contributed by atoms with van der Waals surface area (Å²) in [5, 5.41) is 0.322. The lowest BCUT2D eigenvalue weighted by Gasteiger charge is -2.19. The second kappa shape index (κ2) is 6.30. The first kappa shape index (κ1) is 15.6. The van der Waals surface area contributed by atoms with Crippen molar-refractivity contribution in [1.29, 1.82) is 0 Å². The van der Waals surface area contributed by atoms with Crippen molar-refractivity contribution in [3.63, 3.8) is 0 Å². The van der Waals surface area contributed by atoms with Crippen LogP contribution in [-0.4, -0.2) is 30.9 Å². The van der Waals surface area contributed by atoms with Crippen molar-refractivity contribution in [3.05, 3.63) is 21.9 Å². The van der Waals surface area contributed by atoms with E-state index in [1.54, 1.807) is 11.8 Å². The van der Waals surface area contributed by atoms with E-state index in [0.29, 0.717) is 9.72 Å². The zero-order chi connectivity index (χ0) is 14.0. The number of pyridine rings is 1. The molecule has 1 aliphatic carbocycles. The Morgan fingerprint density at radius 2 is 2.26 bits per heavy atom. The molecule has 1 fully saturated rings. The van der Waals surface area contributed by atoms with E-state index >= 15 is 0 Å². The fraction of sp³-hybridized carbons (Fsp3) is 0.545. The Morgan fingerprint density at radius 1 is 1.53 bits per heavy atom. The zero-order valence-electron chi connectivity index (χ0n) is 10.3. The SMILES string of the molecule is CSC1CCCC1NS(=O)(=O)c1cc(Br)cnc1Cl. The Balaban J connectivity index is 2.25.